The van der Waals surface area contributed by atoms with E-state index < -0.39 is 0 Å². The molecule has 0 aliphatic rings. The van der Waals surface area contributed by atoms with Crippen LogP contribution in [0.1, 0.15) is 19.5 Å². The van der Waals surface area contributed by atoms with Crippen LogP contribution >= 0.6 is 11.6 Å². The molecule has 1 aromatic heterocycles. The highest BCUT2D eigenvalue weighted by Crippen LogP contribution is 2.06. The first-order chi connectivity index (χ1) is 5.68. The average Bonchev–Trinajstić information content (AvgIpc) is 2.01. The summed E-state index contributed by atoms with van der Waals surface area (Å²) in [7, 11) is 0. The molecule has 3 heteroatoms. The number of rotatable bonds is 3. The quantitative estimate of drug-likeness (QED) is 0.676. The van der Waals surface area contributed by atoms with Crippen LogP contribution in [0.25, 0.3) is 0 Å². The number of hydrogen-bond acceptors (Lipinski definition) is 2. The van der Waals surface area contributed by atoms with Crippen LogP contribution in [-0.4, -0.2) is 11.1 Å². The largest absolute Gasteiger partial charge is 0.373 e. The monoisotopic (exact) mass is 185 g/mol. The third-order valence-electron chi connectivity index (χ3n) is 1.34. The van der Waals surface area contributed by atoms with Gasteiger partial charge in [-0.2, -0.15) is 0 Å². The van der Waals surface area contributed by atoms with Gasteiger partial charge >= 0.3 is 0 Å². The summed E-state index contributed by atoms with van der Waals surface area (Å²) >= 11 is 5.69. The molecule has 0 aliphatic carbocycles. The lowest BCUT2D eigenvalue weighted by Crippen LogP contribution is -2.03. The van der Waals surface area contributed by atoms with Crippen molar-refractivity contribution >= 4 is 11.6 Å². The summed E-state index contributed by atoms with van der Waals surface area (Å²) in [5, 5.41) is 0.514. The SMILES string of the molecule is CC(C)OCc1cccc(Cl)n1. The van der Waals surface area contributed by atoms with E-state index in [9.17, 15) is 0 Å². The fraction of sp³-hybridized carbons (Fsp3) is 0.444. The second-order valence-electron chi connectivity index (χ2n) is 2.81. The molecule has 0 atom stereocenters. The van der Waals surface area contributed by atoms with Crippen LogP contribution in [0.5, 0.6) is 0 Å². The van der Waals surface area contributed by atoms with Gasteiger partial charge in [0.1, 0.15) is 5.15 Å². The molecule has 12 heavy (non-hydrogen) atoms. The third kappa shape index (κ3) is 3.20. The van der Waals surface area contributed by atoms with Crippen LogP contribution in [0.15, 0.2) is 18.2 Å². The smallest absolute Gasteiger partial charge is 0.129 e. The fourth-order valence-electron chi connectivity index (χ4n) is 0.783. The van der Waals surface area contributed by atoms with Crippen LogP contribution in [0, 0.1) is 0 Å². The first-order valence-electron chi connectivity index (χ1n) is 3.91. The zero-order valence-electron chi connectivity index (χ0n) is 7.25. The molecule has 0 aliphatic heterocycles. The van der Waals surface area contributed by atoms with Gasteiger partial charge in [0.25, 0.3) is 0 Å². The van der Waals surface area contributed by atoms with Gasteiger partial charge in [0.15, 0.2) is 0 Å². The Labute approximate surface area is 77.5 Å². The van der Waals surface area contributed by atoms with Crippen LogP contribution in [0.3, 0.4) is 0 Å². The number of aromatic nitrogens is 1. The fourth-order valence-corrected chi connectivity index (χ4v) is 0.964. The van der Waals surface area contributed by atoms with E-state index in [1.807, 2.05) is 26.0 Å². The van der Waals surface area contributed by atoms with Gasteiger partial charge in [-0.05, 0) is 26.0 Å². The van der Waals surface area contributed by atoms with E-state index in [2.05, 4.69) is 4.98 Å². The summed E-state index contributed by atoms with van der Waals surface area (Å²) in [6.45, 7) is 4.51. The Kier molecular flexibility index (Phi) is 3.50. The Morgan fingerprint density at radius 1 is 1.50 bits per heavy atom. The van der Waals surface area contributed by atoms with Crippen molar-refractivity contribution in [3.8, 4) is 0 Å². The zero-order chi connectivity index (χ0) is 8.97. The minimum Gasteiger partial charge on any atom is -0.373 e. The molecule has 0 amide bonds. The lowest BCUT2D eigenvalue weighted by atomic mass is 10.4. The summed E-state index contributed by atoms with van der Waals surface area (Å²) < 4.78 is 5.36. The molecular weight excluding hydrogens is 174 g/mol. The molecule has 0 bridgehead atoms. The summed E-state index contributed by atoms with van der Waals surface area (Å²) in [5.41, 5.74) is 0.871. The second kappa shape index (κ2) is 4.43. The summed E-state index contributed by atoms with van der Waals surface area (Å²) in [4.78, 5) is 4.09. The Hall–Kier alpha value is -0.600. The molecule has 1 heterocycles. The maximum atomic E-state index is 5.69. The number of ether oxygens (including phenoxy) is 1. The summed E-state index contributed by atoms with van der Waals surface area (Å²) in [6.07, 6.45) is 0.228. The van der Waals surface area contributed by atoms with Crippen molar-refractivity contribution < 1.29 is 4.74 Å². The van der Waals surface area contributed by atoms with Gasteiger partial charge in [-0.25, -0.2) is 4.98 Å². The molecule has 0 unspecified atom stereocenters. The van der Waals surface area contributed by atoms with Crippen molar-refractivity contribution in [1.29, 1.82) is 0 Å². The first kappa shape index (κ1) is 9.49. The minimum atomic E-state index is 0.228. The van der Waals surface area contributed by atoms with Crippen molar-refractivity contribution in [2.45, 2.75) is 26.6 Å². The minimum absolute atomic E-state index is 0.228. The van der Waals surface area contributed by atoms with Crippen LogP contribution < -0.4 is 0 Å². The van der Waals surface area contributed by atoms with E-state index in [1.54, 1.807) is 6.07 Å². The molecule has 2 nitrogen and oxygen atoms in total. The van der Waals surface area contributed by atoms with E-state index in [0.717, 1.165) is 5.69 Å². The normalized spacial score (nSPS) is 10.7. The van der Waals surface area contributed by atoms with E-state index in [-0.39, 0.29) is 6.10 Å². The van der Waals surface area contributed by atoms with Crippen molar-refractivity contribution in [2.75, 3.05) is 0 Å². The molecule has 0 radical (unpaired) electrons. The molecule has 0 saturated carbocycles. The highest BCUT2D eigenvalue weighted by molar-refractivity contribution is 6.29. The highest BCUT2D eigenvalue weighted by Gasteiger charge is 1.97. The van der Waals surface area contributed by atoms with Gasteiger partial charge in [0, 0.05) is 0 Å². The Balaban J connectivity index is 2.52. The number of nitrogens with zero attached hydrogens (tertiary/aromatic N) is 1. The zero-order valence-corrected chi connectivity index (χ0v) is 8.01. The van der Waals surface area contributed by atoms with Gasteiger partial charge in [-0.1, -0.05) is 17.7 Å². The highest BCUT2D eigenvalue weighted by atomic mass is 35.5. The molecule has 1 rings (SSSR count). The summed E-state index contributed by atoms with van der Waals surface area (Å²) in [5.74, 6) is 0. The van der Waals surface area contributed by atoms with E-state index in [1.165, 1.54) is 0 Å². The van der Waals surface area contributed by atoms with Gasteiger partial charge in [-0.15, -0.1) is 0 Å². The predicted molar refractivity (Wildman–Crippen MR) is 49.2 cm³/mol. The molecule has 0 N–H and O–H groups in total. The van der Waals surface area contributed by atoms with Gasteiger partial charge in [0.2, 0.25) is 0 Å². The van der Waals surface area contributed by atoms with Crippen molar-refractivity contribution in [3.05, 3.63) is 29.0 Å². The van der Waals surface area contributed by atoms with E-state index >= 15 is 0 Å². The topological polar surface area (TPSA) is 22.1 Å². The van der Waals surface area contributed by atoms with Crippen molar-refractivity contribution in [3.63, 3.8) is 0 Å². The lowest BCUT2D eigenvalue weighted by Gasteiger charge is -2.06. The lowest BCUT2D eigenvalue weighted by molar-refractivity contribution is 0.0636. The number of halogens is 1. The Bertz CT molecular complexity index is 250. The van der Waals surface area contributed by atoms with Gasteiger partial charge < -0.3 is 4.74 Å². The standard InChI is InChI=1S/C9H12ClNO/c1-7(2)12-6-8-4-3-5-9(10)11-8/h3-5,7H,6H2,1-2H3. The molecular formula is C9H12ClNO. The van der Waals surface area contributed by atoms with Crippen molar-refractivity contribution in [2.24, 2.45) is 0 Å². The molecule has 0 saturated heterocycles. The summed E-state index contributed by atoms with van der Waals surface area (Å²) in [6, 6.07) is 5.52. The molecule has 0 aromatic carbocycles. The Morgan fingerprint density at radius 3 is 2.83 bits per heavy atom. The van der Waals surface area contributed by atoms with E-state index in [4.69, 9.17) is 16.3 Å². The third-order valence-corrected chi connectivity index (χ3v) is 1.55. The average molecular weight is 186 g/mol. The van der Waals surface area contributed by atoms with Crippen molar-refractivity contribution in [1.82, 2.24) is 4.98 Å². The first-order valence-corrected chi connectivity index (χ1v) is 4.29. The van der Waals surface area contributed by atoms with Crippen LogP contribution in [0.2, 0.25) is 5.15 Å². The van der Waals surface area contributed by atoms with Crippen LogP contribution in [-0.2, 0) is 11.3 Å². The molecule has 0 spiro atoms. The molecule has 66 valence electrons. The maximum Gasteiger partial charge on any atom is 0.129 e. The second-order valence-corrected chi connectivity index (χ2v) is 3.20. The number of pyridine rings is 1. The van der Waals surface area contributed by atoms with Crippen LogP contribution in [0.4, 0.5) is 0 Å². The van der Waals surface area contributed by atoms with Gasteiger partial charge in [0.05, 0.1) is 18.4 Å². The Morgan fingerprint density at radius 2 is 2.25 bits per heavy atom. The maximum absolute atomic E-state index is 5.69. The van der Waals surface area contributed by atoms with E-state index in [0.29, 0.717) is 11.8 Å². The number of hydrogen-bond donors (Lipinski definition) is 0. The predicted octanol–water partition coefficient (Wildman–Crippen LogP) is 2.66. The molecule has 0 fully saturated rings. The van der Waals surface area contributed by atoms with Gasteiger partial charge in [-0.3, -0.25) is 0 Å². The molecule has 1 aromatic rings.